The maximum Gasteiger partial charge on any atom is 0.332 e. The highest BCUT2D eigenvalue weighted by Gasteiger charge is 2.09. The second-order valence-electron chi connectivity index (χ2n) is 3.04. The molecule has 1 aromatic carbocycles. The van der Waals surface area contributed by atoms with Crippen LogP contribution in [-0.2, 0) is 16.0 Å². The summed E-state index contributed by atoms with van der Waals surface area (Å²) in [5.41, 5.74) is 5.73. The molecule has 0 fully saturated rings. The van der Waals surface area contributed by atoms with Gasteiger partial charge in [-0.05, 0) is 5.56 Å². The smallest absolute Gasteiger partial charge is 0.332 e. The number of hydrogen-bond acceptors (Lipinski definition) is 2. The molecule has 1 amide bonds. The number of aliphatic carboxylic acids is 1. The molecular weight excluding hydrogens is 194 g/mol. The Morgan fingerprint density at radius 3 is 2.33 bits per heavy atom. The predicted molar refractivity (Wildman–Crippen MR) is 55.1 cm³/mol. The Hall–Kier alpha value is -2.10. The Morgan fingerprint density at radius 1 is 1.27 bits per heavy atom. The molecule has 1 rings (SSSR count). The van der Waals surface area contributed by atoms with E-state index >= 15 is 0 Å². The maximum atomic E-state index is 10.8. The van der Waals surface area contributed by atoms with Gasteiger partial charge in [-0.25, -0.2) is 4.79 Å². The topological polar surface area (TPSA) is 80.4 Å². The van der Waals surface area contributed by atoms with E-state index in [0.29, 0.717) is 0 Å². The highest BCUT2D eigenvalue weighted by Crippen LogP contribution is 2.07. The van der Waals surface area contributed by atoms with Crippen LogP contribution in [0.3, 0.4) is 0 Å². The van der Waals surface area contributed by atoms with Gasteiger partial charge in [0.25, 0.3) is 0 Å². The minimum absolute atomic E-state index is 0.00583. The van der Waals surface area contributed by atoms with Crippen LogP contribution in [0.1, 0.15) is 5.56 Å². The molecular formula is C11H11NO3. The normalized spacial score (nSPS) is 11.1. The molecule has 0 saturated carbocycles. The minimum atomic E-state index is -1.13. The molecule has 0 unspecified atom stereocenters. The quantitative estimate of drug-likeness (QED) is 0.711. The van der Waals surface area contributed by atoms with Crippen molar-refractivity contribution in [2.75, 3.05) is 0 Å². The van der Waals surface area contributed by atoms with Crippen LogP contribution in [-0.4, -0.2) is 17.0 Å². The zero-order valence-corrected chi connectivity index (χ0v) is 8.01. The SMILES string of the molecule is NC(=O)/C=C(/Cc1ccccc1)C(=O)O. The molecule has 0 radical (unpaired) electrons. The molecule has 0 aliphatic carbocycles. The van der Waals surface area contributed by atoms with Gasteiger partial charge in [0.1, 0.15) is 0 Å². The molecule has 0 heterocycles. The summed E-state index contributed by atoms with van der Waals surface area (Å²) in [6.45, 7) is 0. The van der Waals surface area contributed by atoms with Crippen molar-refractivity contribution in [1.82, 2.24) is 0 Å². The van der Waals surface area contributed by atoms with Gasteiger partial charge in [0.15, 0.2) is 0 Å². The number of carbonyl (C=O) groups excluding carboxylic acids is 1. The number of carbonyl (C=O) groups is 2. The first-order chi connectivity index (χ1) is 7.09. The molecule has 1 aromatic rings. The molecule has 0 aliphatic heterocycles. The first kappa shape index (κ1) is 11.0. The van der Waals surface area contributed by atoms with Crippen LogP contribution in [0.2, 0.25) is 0 Å². The van der Waals surface area contributed by atoms with E-state index in [4.69, 9.17) is 10.8 Å². The molecule has 0 saturated heterocycles. The third kappa shape index (κ3) is 3.64. The number of carboxylic acid groups (broad SMARTS) is 1. The minimum Gasteiger partial charge on any atom is -0.478 e. The van der Waals surface area contributed by atoms with Gasteiger partial charge in [0.2, 0.25) is 5.91 Å². The Labute approximate surface area is 87.0 Å². The van der Waals surface area contributed by atoms with Gasteiger partial charge in [0, 0.05) is 18.1 Å². The second-order valence-corrected chi connectivity index (χ2v) is 3.04. The van der Waals surface area contributed by atoms with E-state index in [1.54, 1.807) is 24.3 Å². The average molecular weight is 205 g/mol. The summed E-state index contributed by atoms with van der Waals surface area (Å²) in [4.78, 5) is 21.4. The van der Waals surface area contributed by atoms with Gasteiger partial charge in [-0.2, -0.15) is 0 Å². The zero-order valence-electron chi connectivity index (χ0n) is 8.01. The highest BCUT2D eigenvalue weighted by molar-refractivity contribution is 5.97. The van der Waals surface area contributed by atoms with Gasteiger partial charge in [-0.15, -0.1) is 0 Å². The van der Waals surface area contributed by atoms with Crippen molar-refractivity contribution in [3.05, 3.63) is 47.5 Å². The number of nitrogens with two attached hydrogens (primary N) is 1. The van der Waals surface area contributed by atoms with E-state index in [-0.39, 0.29) is 12.0 Å². The lowest BCUT2D eigenvalue weighted by Gasteiger charge is -2.01. The van der Waals surface area contributed by atoms with E-state index in [9.17, 15) is 9.59 Å². The summed E-state index contributed by atoms with van der Waals surface area (Å²) < 4.78 is 0. The number of benzene rings is 1. The monoisotopic (exact) mass is 205 g/mol. The Bertz CT molecular complexity index is 396. The predicted octanol–water partition coefficient (Wildman–Crippen LogP) is 0.725. The van der Waals surface area contributed by atoms with Crippen molar-refractivity contribution in [2.45, 2.75) is 6.42 Å². The fourth-order valence-electron chi connectivity index (χ4n) is 1.18. The van der Waals surface area contributed by atoms with Gasteiger partial charge < -0.3 is 10.8 Å². The fourth-order valence-corrected chi connectivity index (χ4v) is 1.18. The van der Waals surface area contributed by atoms with Crippen LogP contribution in [0.5, 0.6) is 0 Å². The lowest BCUT2D eigenvalue weighted by Crippen LogP contribution is -2.12. The molecule has 0 aromatic heterocycles. The Balaban J connectivity index is 2.86. The molecule has 4 heteroatoms. The van der Waals surface area contributed by atoms with Crippen LogP contribution in [0.15, 0.2) is 42.0 Å². The third-order valence-electron chi connectivity index (χ3n) is 1.83. The van der Waals surface area contributed by atoms with E-state index in [0.717, 1.165) is 11.6 Å². The molecule has 0 bridgehead atoms. The molecule has 0 spiro atoms. The van der Waals surface area contributed by atoms with Crippen molar-refractivity contribution in [1.29, 1.82) is 0 Å². The maximum absolute atomic E-state index is 10.8. The van der Waals surface area contributed by atoms with Crippen LogP contribution in [0.25, 0.3) is 0 Å². The number of carboxylic acids is 1. The number of amides is 1. The largest absolute Gasteiger partial charge is 0.478 e. The van der Waals surface area contributed by atoms with Gasteiger partial charge >= 0.3 is 5.97 Å². The summed E-state index contributed by atoms with van der Waals surface area (Å²) in [5, 5.41) is 8.81. The average Bonchev–Trinajstić information content (AvgIpc) is 2.17. The van der Waals surface area contributed by atoms with Gasteiger partial charge in [0.05, 0.1) is 0 Å². The molecule has 78 valence electrons. The Kier molecular flexibility index (Phi) is 3.62. The zero-order chi connectivity index (χ0) is 11.3. The van der Waals surface area contributed by atoms with Crippen molar-refractivity contribution in [2.24, 2.45) is 5.73 Å². The van der Waals surface area contributed by atoms with E-state index in [2.05, 4.69) is 0 Å². The van der Waals surface area contributed by atoms with Crippen molar-refractivity contribution < 1.29 is 14.7 Å². The second kappa shape index (κ2) is 4.95. The summed E-state index contributed by atoms with van der Waals surface area (Å²) in [5.74, 6) is -1.87. The molecule has 15 heavy (non-hydrogen) atoms. The van der Waals surface area contributed by atoms with Crippen LogP contribution in [0, 0.1) is 0 Å². The summed E-state index contributed by atoms with van der Waals surface area (Å²) in [6, 6.07) is 9.02. The number of hydrogen-bond donors (Lipinski definition) is 2. The fraction of sp³-hybridized carbons (Fsp3) is 0.0909. The molecule has 4 nitrogen and oxygen atoms in total. The highest BCUT2D eigenvalue weighted by atomic mass is 16.4. The van der Waals surface area contributed by atoms with E-state index in [1.165, 1.54) is 0 Å². The lowest BCUT2D eigenvalue weighted by atomic mass is 10.1. The van der Waals surface area contributed by atoms with Gasteiger partial charge in [-0.1, -0.05) is 30.3 Å². The van der Waals surface area contributed by atoms with E-state index in [1.807, 2.05) is 6.07 Å². The third-order valence-corrected chi connectivity index (χ3v) is 1.83. The van der Waals surface area contributed by atoms with Crippen molar-refractivity contribution in [3.63, 3.8) is 0 Å². The standard InChI is InChI=1S/C11H11NO3/c12-10(13)7-9(11(14)15)6-8-4-2-1-3-5-8/h1-5,7H,6H2,(H2,12,13)(H,14,15)/b9-7-. The molecule has 3 N–H and O–H groups in total. The number of primary amides is 1. The first-order valence-electron chi connectivity index (χ1n) is 4.37. The summed E-state index contributed by atoms with van der Waals surface area (Å²) in [6.07, 6.45) is 1.13. The summed E-state index contributed by atoms with van der Waals surface area (Å²) >= 11 is 0. The Morgan fingerprint density at radius 2 is 1.87 bits per heavy atom. The van der Waals surface area contributed by atoms with Crippen molar-refractivity contribution in [3.8, 4) is 0 Å². The van der Waals surface area contributed by atoms with E-state index < -0.39 is 11.9 Å². The lowest BCUT2D eigenvalue weighted by molar-refractivity contribution is -0.133. The van der Waals surface area contributed by atoms with Crippen LogP contribution >= 0.6 is 0 Å². The van der Waals surface area contributed by atoms with Crippen LogP contribution < -0.4 is 5.73 Å². The molecule has 0 atom stereocenters. The number of rotatable bonds is 4. The summed E-state index contributed by atoms with van der Waals surface area (Å²) in [7, 11) is 0. The molecule has 0 aliphatic rings. The first-order valence-corrected chi connectivity index (χ1v) is 4.37. The van der Waals surface area contributed by atoms with Gasteiger partial charge in [-0.3, -0.25) is 4.79 Å². The van der Waals surface area contributed by atoms with Crippen LogP contribution in [0.4, 0.5) is 0 Å². The van der Waals surface area contributed by atoms with Crippen molar-refractivity contribution >= 4 is 11.9 Å².